The summed E-state index contributed by atoms with van der Waals surface area (Å²) in [6.07, 6.45) is 0. The van der Waals surface area contributed by atoms with Gasteiger partial charge in [0.15, 0.2) is 0 Å². The van der Waals surface area contributed by atoms with E-state index in [1.165, 1.54) is 6.92 Å². The summed E-state index contributed by atoms with van der Waals surface area (Å²) in [6.45, 7) is 7.32. The Morgan fingerprint density at radius 2 is 1.63 bits per heavy atom. The number of carboxylic acid groups (broad SMARTS) is 1. The Hall–Kier alpha value is -2.10. The van der Waals surface area contributed by atoms with Gasteiger partial charge in [0.05, 0.1) is 0 Å². The second kappa shape index (κ2) is 6.18. The molecule has 1 aromatic carbocycles. The fourth-order valence-corrected chi connectivity index (χ4v) is 1.69. The number of anilines is 1. The third-order valence-corrected chi connectivity index (χ3v) is 3.11. The summed E-state index contributed by atoms with van der Waals surface area (Å²) < 4.78 is 0. The Kier molecular flexibility index (Phi) is 4.87. The molecular weight excluding hydrogens is 242 g/mol. The maximum Gasteiger partial charge on any atom is 0.331 e. The molecule has 0 aliphatic carbocycles. The number of hydrogen-bond donors (Lipinski definition) is 1. The van der Waals surface area contributed by atoms with Crippen molar-refractivity contribution in [3.8, 4) is 0 Å². The number of carbonyl (C=O) groups is 2. The molecule has 0 spiro atoms. The monoisotopic (exact) mass is 261 g/mol. The molecule has 1 N–H and O–H groups in total. The summed E-state index contributed by atoms with van der Waals surface area (Å²) >= 11 is 0. The zero-order valence-electron chi connectivity index (χ0n) is 11.7. The minimum atomic E-state index is -1.06. The molecule has 0 saturated carbocycles. The van der Waals surface area contributed by atoms with Crippen LogP contribution in [0.2, 0.25) is 0 Å². The van der Waals surface area contributed by atoms with Gasteiger partial charge in [-0.15, -0.1) is 0 Å². The first kappa shape index (κ1) is 15.0. The van der Waals surface area contributed by atoms with E-state index in [-0.39, 0.29) is 17.1 Å². The molecule has 0 unspecified atom stereocenters. The zero-order valence-corrected chi connectivity index (χ0v) is 11.7. The second-order valence-corrected chi connectivity index (χ2v) is 4.44. The molecule has 0 aliphatic rings. The summed E-state index contributed by atoms with van der Waals surface area (Å²) in [7, 11) is 0. The lowest BCUT2D eigenvalue weighted by Gasteiger charge is -2.22. The molecule has 4 nitrogen and oxygen atoms in total. The van der Waals surface area contributed by atoms with E-state index >= 15 is 0 Å². The number of aryl methyl sites for hydroxylation is 1. The van der Waals surface area contributed by atoms with E-state index in [2.05, 4.69) is 0 Å². The minimum Gasteiger partial charge on any atom is -0.478 e. The van der Waals surface area contributed by atoms with E-state index in [4.69, 9.17) is 5.11 Å². The normalized spacial score (nSPS) is 11.8. The van der Waals surface area contributed by atoms with Gasteiger partial charge in [0.2, 0.25) is 0 Å². The average molecular weight is 261 g/mol. The Morgan fingerprint density at radius 1 is 1.11 bits per heavy atom. The van der Waals surface area contributed by atoms with Gasteiger partial charge in [0.1, 0.15) is 0 Å². The van der Waals surface area contributed by atoms with Crippen LogP contribution >= 0.6 is 0 Å². The van der Waals surface area contributed by atoms with Gasteiger partial charge in [-0.05, 0) is 39.8 Å². The van der Waals surface area contributed by atoms with Gasteiger partial charge in [-0.1, -0.05) is 17.7 Å². The number of likely N-dealkylation sites (N-methyl/N-ethyl adjacent to an activating group) is 1. The summed E-state index contributed by atoms with van der Waals surface area (Å²) in [6, 6.07) is 7.57. The number of aliphatic carboxylic acids is 1. The maximum absolute atomic E-state index is 12.3. The number of hydrogen-bond acceptors (Lipinski definition) is 2. The Bertz CT molecular complexity index is 515. The van der Waals surface area contributed by atoms with Gasteiger partial charge in [-0.2, -0.15) is 0 Å². The van der Waals surface area contributed by atoms with Crippen molar-refractivity contribution in [2.75, 3.05) is 11.4 Å². The lowest BCUT2D eigenvalue weighted by atomic mass is 10.1. The van der Waals surface area contributed by atoms with E-state index in [0.29, 0.717) is 6.54 Å². The van der Waals surface area contributed by atoms with Gasteiger partial charge >= 0.3 is 5.97 Å². The van der Waals surface area contributed by atoms with Crippen LogP contribution < -0.4 is 4.90 Å². The van der Waals surface area contributed by atoms with Crippen molar-refractivity contribution < 1.29 is 14.7 Å². The molecule has 0 aromatic heterocycles. The van der Waals surface area contributed by atoms with Crippen LogP contribution in [-0.4, -0.2) is 23.5 Å². The SMILES string of the molecule is CCN(C(=O)/C(C)=C(/C)C(=O)O)c1ccc(C)cc1. The number of nitrogens with zero attached hydrogens (tertiary/aromatic N) is 1. The molecule has 0 fully saturated rings. The van der Waals surface area contributed by atoms with Crippen molar-refractivity contribution in [2.24, 2.45) is 0 Å². The molecule has 102 valence electrons. The lowest BCUT2D eigenvalue weighted by Crippen LogP contribution is -2.32. The molecule has 0 saturated heterocycles. The van der Waals surface area contributed by atoms with Crippen molar-refractivity contribution in [2.45, 2.75) is 27.7 Å². The van der Waals surface area contributed by atoms with Crippen LogP contribution in [0, 0.1) is 6.92 Å². The molecule has 1 rings (SSSR count). The van der Waals surface area contributed by atoms with E-state index in [9.17, 15) is 9.59 Å². The molecule has 0 aliphatic heterocycles. The predicted molar refractivity (Wildman–Crippen MR) is 75.2 cm³/mol. The molecule has 0 heterocycles. The van der Waals surface area contributed by atoms with Crippen molar-refractivity contribution in [1.82, 2.24) is 0 Å². The van der Waals surface area contributed by atoms with E-state index in [1.807, 2.05) is 38.1 Å². The van der Waals surface area contributed by atoms with Gasteiger partial charge in [0.25, 0.3) is 5.91 Å². The van der Waals surface area contributed by atoms with E-state index in [1.54, 1.807) is 11.8 Å². The van der Waals surface area contributed by atoms with Gasteiger partial charge in [0, 0.05) is 23.4 Å². The number of carboxylic acids is 1. The smallest absolute Gasteiger partial charge is 0.331 e. The molecule has 0 radical (unpaired) electrons. The Morgan fingerprint density at radius 3 is 2.05 bits per heavy atom. The van der Waals surface area contributed by atoms with E-state index in [0.717, 1.165) is 11.3 Å². The highest BCUT2D eigenvalue weighted by Crippen LogP contribution is 2.18. The first-order valence-electron chi connectivity index (χ1n) is 6.17. The quantitative estimate of drug-likeness (QED) is 0.848. The highest BCUT2D eigenvalue weighted by atomic mass is 16.4. The highest BCUT2D eigenvalue weighted by Gasteiger charge is 2.19. The van der Waals surface area contributed by atoms with Crippen LogP contribution in [0.4, 0.5) is 5.69 Å². The first-order chi connectivity index (χ1) is 8.88. The van der Waals surface area contributed by atoms with E-state index < -0.39 is 5.97 Å². The summed E-state index contributed by atoms with van der Waals surface area (Å²) in [5, 5.41) is 8.93. The zero-order chi connectivity index (χ0) is 14.6. The third-order valence-electron chi connectivity index (χ3n) is 3.11. The Balaban J connectivity index is 3.11. The standard InChI is InChI=1S/C15H19NO3/c1-5-16(13-8-6-10(2)7-9-13)14(17)11(3)12(4)15(18)19/h6-9H,5H2,1-4H3,(H,18,19)/b12-11-. The molecule has 19 heavy (non-hydrogen) atoms. The molecular formula is C15H19NO3. The van der Waals surface area contributed by atoms with Crippen molar-refractivity contribution in [3.05, 3.63) is 41.0 Å². The minimum absolute atomic E-state index is 0.0792. The van der Waals surface area contributed by atoms with Crippen molar-refractivity contribution >= 4 is 17.6 Å². The van der Waals surface area contributed by atoms with Crippen LogP contribution in [-0.2, 0) is 9.59 Å². The lowest BCUT2D eigenvalue weighted by molar-refractivity contribution is -0.133. The van der Waals surface area contributed by atoms with Gasteiger partial charge in [-0.25, -0.2) is 4.79 Å². The largest absolute Gasteiger partial charge is 0.478 e. The number of carbonyl (C=O) groups excluding carboxylic acids is 1. The maximum atomic E-state index is 12.3. The van der Waals surface area contributed by atoms with Crippen LogP contribution in [0.3, 0.4) is 0 Å². The number of benzene rings is 1. The first-order valence-corrected chi connectivity index (χ1v) is 6.17. The van der Waals surface area contributed by atoms with Crippen molar-refractivity contribution in [3.63, 3.8) is 0 Å². The number of amides is 1. The molecule has 0 atom stereocenters. The van der Waals surface area contributed by atoms with Crippen LogP contribution in [0.5, 0.6) is 0 Å². The number of rotatable bonds is 4. The Labute approximate surface area is 113 Å². The summed E-state index contributed by atoms with van der Waals surface area (Å²) in [4.78, 5) is 24.8. The topological polar surface area (TPSA) is 57.6 Å². The summed E-state index contributed by atoms with van der Waals surface area (Å²) in [5.41, 5.74) is 2.22. The molecule has 0 bridgehead atoms. The van der Waals surface area contributed by atoms with Gasteiger partial charge < -0.3 is 10.0 Å². The molecule has 1 aromatic rings. The van der Waals surface area contributed by atoms with Crippen LogP contribution in [0.25, 0.3) is 0 Å². The van der Waals surface area contributed by atoms with Crippen LogP contribution in [0.15, 0.2) is 35.4 Å². The average Bonchev–Trinajstić information content (AvgIpc) is 2.39. The van der Waals surface area contributed by atoms with Crippen molar-refractivity contribution in [1.29, 1.82) is 0 Å². The van der Waals surface area contributed by atoms with Gasteiger partial charge in [-0.3, -0.25) is 4.79 Å². The summed E-state index contributed by atoms with van der Waals surface area (Å²) in [5.74, 6) is -1.34. The highest BCUT2D eigenvalue weighted by molar-refractivity contribution is 6.09. The van der Waals surface area contributed by atoms with Crippen LogP contribution in [0.1, 0.15) is 26.3 Å². The fourth-order valence-electron chi connectivity index (χ4n) is 1.69. The second-order valence-electron chi connectivity index (χ2n) is 4.44. The molecule has 4 heteroatoms. The predicted octanol–water partition coefficient (Wildman–Crippen LogP) is 2.77. The fraction of sp³-hybridized carbons (Fsp3) is 0.333. The third kappa shape index (κ3) is 3.44. The molecule has 1 amide bonds.